The van der Waals surface area contributed by atoms with Gasteiger partial charge in [0, 0.05) is 55.8 Å². The van der Waals surface area contributed by atoms with Crippen LogP contribution in [0.1, 0.15) is 86.3 Å². The summed E-state index contributed by atoms with van der Waals surface area (Å²) in [4.78, 5) is 43.6. The fraction of sp³-hybridized carbons (Fsp3) is 0.205. The highest BCUT2D eigenvalue weighted by Gasteiger charge is 2.51. The smallest absolute Gasteiger partial charge is 0.399 e. The van der Waals surface area contributed by atoms with Crippen molar-refractivity contribution in [2.75, 3.05) is 21.7 Å². The number of H-pyrrole nitrogens is 1. The highest BCUT2D eigenvalue weighted by atomic mass is 79.9. The normalized spacial score (nSPS) is 11.6. The average molecular weight is 1340 g/mol. The van der Waals surface area contributed by atoms with Crippen molar-refractivity contribution < 1.29 is 9.31 Å². The molecule has 7 aromatic carbocycles. The second-order valence-corrected chi connectivity index (χ2v) is 21.7. The van der Waals surface area contributed by atoms with E-state index in [-0.39, 0.29) is 29.8 Å². The SMILES string of the molecule is Brc1ccccc1.CC.CC.CC.CC1(C)OB(c2ccccc2)OC1(C)C.Cc1cc(-c2ccccc2)nc(Nc2ccccc2)n1.Cc1cc(Cl)nc(N)n1.Cc1cc(Cl)nc(Nc2ccccc2)n1.O=c1cc(-c2ccccc2)nc(Nc2ccccc2)[nH]1. The summed E-state index contributed by atoms with van der Waals surface area (Å²) in [6, 6.07) is 75.9. The predicted molar refractivity (Wildman–Crippen MR) is 390 cm³/mol. The van der Waals surface area contributed by atoms with Gasteiger partial charge in [0.15, 0.2) is 0 Å². The van der Waals surface area contributed by atoms with Crippen LogP contribution >= 0.6 is 39.1 Å². The molecule has 4 aromatic heterocycles. The van der Waals surface area contributed by atoms with E-state index in [1.54, 1.807) is 12.1 Å². The molecule has 15 nitrogen and oxygen atoms in total. The zero-order valence-electron chi connectivity index (χ0n) is 54.7. The van der Waals surface area contributed by atoms with Gasteiger partial charge in [0.2, 0.25) is 23.8 Å². The third-order valence-corrected chi connectivity index (χ3v) is 13.5. The number of para-hydroxylation sites is 3. The molecule has 1 fully saturated rings. The molecule has 0 spiro atoms. The maximum atomic E-state index is 11.7. The molecule has 19 heteroatoms. The van der Waals surface area contributed by atoms with Crippen LogP contribution < -0.4 is 32.7 Å². The Labute approximate surface area is 562 Å². The van der Waals surface area contributed by atoms with Gasteiger partial charge in [0.25, 0.3) is 5.56 Å². The number of aryl methyl sites for hydroxylation is 3. The Kier molecular flexibility index (Phi) is 33.3. The van der Waals surface area contributed by atoms with Gasteiger partial charge in [-0.2, -0.15) is 0 Å². The molecule has 0 bridgehead atoms. The van der Waals surface area contributed by atoms with Gasteiger partial charge in [-0.25, -0.2) is 34.9 Å². The lowest BCUT2D eigenvalue weighted by molar-refractivity contribution is 0.00578. The lowest BCUT2D eigenvalue weighted by atomic mass is 9.79. The summed E-state index contributed by atoms with van der Waals surface area (Å²) in [5, 5.41) is 10.2. The van der Waals surface area contributed by atoms with Crippen molar-refractivity contribution in [2.45, 2.75) is 101 Å². The Bertz CT molecular complexity index is 3790. The van der Waals surface area contributed by atoms with E-state index in [0.29, 0.717) is 33.8 Å². The minimum absolute atomic E-state index is 0.183. The molecule has 478 valence electrons. The minimum Gasteiger partial charge on any atom is -0.399 e. The third-order valence-electron chi connectivity index (χ3n) is 12.6. The number of aromatic nitrogens is 8. The first-order chi connectivity index (χ1) is 44.4. The lowest BCUT2D eigenvalue weighted by Gasteiger charge is -2.32. The van der Waals surface area contributed by atoms with Gasteiger partial charge in [-0.05, 0) is 121 Å². The molecule has 1 saturated heterocycles. The Morgan fingerprint density at radius 2 is 0.783 bits per heavy atom. The summed E-state index contributed by atoms with van der Waals surface area (Å²) < 4.78 is 13.0. The third kappa shape index (κ3) is 27.2. The van der Waals surface area contributed by atoms with Crippen molar-refractivity contribution in [3.05, 3.63) is 279 Å². The topological polar surface area (TPSA) is 204 Å². The van der Waals surface area contributed by atoms with Crippen molar-refractivity contribution in [1.29, 1.82) is 0 Å². The second-order valence-electron chi connectivity index (χ2n) is 20.0. The molecule has 0 atom stereocenters. The average Bonchev–Trinajstić information content (AvgIpc) is 1.64. The fourth-order valence-electron chi connectivity index (χ4n) is 7.76. The monoisotopic (exact) mass is 1340 g/mol. The fourth-order valence-corrected chi connectivity index (χ4v) is 8.54. The summed E-state index contributed by atoms with van der Waals surface area (Å²) >= 11 is 14.7. The van der Waals surface area contributed by atoms with Crippen LogP contribution in [0.2, 0.25) is 10.3 Å². The summed E-state index contributed by atoms with van der Waals surface area (Å²) in [5.74, 6) is 1.80. The predicted octanol–water partition coefficient (Wildman–Crippen LogP) is 19.1. The Morgan fingerprint density at radius 3 is 1.17 bits per heavy atom. The molecule has 0 unspecified atom stereocenters. The highest BCUT2D eigenvalue weighted by Crippen LogP contribution is 2.36. The van der Waals surface area contributed by atoms with Crippen molar-refractivity contribution in [1.82, 2.24) is 39.9 Å². The summed E-state index contributed by atoms with van der Waals surface area (Å²) in [6.45, 7) is 25.9. The Balaban J connectivity index is 0.000000238. The van der Waals surface area contributed by atoms with E-state index in [4.69, 9.17) is 38.2 Å². The van der Waals surface area contributed by atoms with Crippen LogP contribution in [0, 0.1) is 20.8 Å². The number of halogens is 3. The van der Waals surface area contributed by atoms with Gasteiger partial charge in [0.05, 0.1) is 22.6 Å². The van der Waals surface area contributed by atoms with Gasteiger partial charge in [-0.15, -0.1) is 0 Å². The summed E-state index contributed by atoms with van der Waals surface area (Å²) in [6.07, 6.45) is 0. The Hall–Kier alpha value is -9.10. The number of benzene rings is 7. The maximum Gasteiger partial charge on any atom is 0.494 e. The van der Waals surface area contributed by atoms with E-state index in [1.165, 1.54) is 6.07 Å². The van der Waals surface area contributed by atoms with E-state index in [0.717, 1.165) is 60.9 Å². The molecule has 5 heterocycles. The molecule has 1 aliphatic rings. The van der Waals surface area contributed by atoms with Crippen LogP contribution in [0.5, 0.6) is 0 Å². The largest absolute Gasteiger partial charge is 0.494 e. The number of aromatic amines is 1. The molecule has 0 radical (unpaired) electrons. The first kappa shape index (κ1) is 75.4. The van der Waals surface area contributed by atoms with Crippen molar-refractivity contribution >= 4 is 92.6 Å². The van der Waals surface area contributed by atoms with Gasteiger partial charge in [0.1, 0.15) is 10.3 Å². The van der Waals surface area contributed by atoms with E-state index in [2.05, 4.69) is 99.4 Å². The number of rotatable bonds is 9. The van der Waals surface area contributed by atoms with Crippen LogP contribution in [0.15, 0.2) is 246 Å². The van der Waals surface area contributed by atoms with E-state index in [9.17, 15) is 4.79 Å². The minimum atomic E-state index is -0.256. The molecule has 1 aliphatic heterocycles. The van der Waals surface area contributed by atoms with Crippen molar-refractivity contribution in [2.24, 2.45) is 0 Å². The lowest BCUT2D eigenvalue weighted by Crippen LogP contribution is -2.41. The quantitative estimate of drug-likeness (QED) is 0.0674. The Morgan fingerprint density at radius 1 is 0.435 bits per heavy atom. The van der Waals surface area contributed by atoms with E-state index in [1.807, 2.05) is 281 Å². The molecule has 12 rings (SSSR count). The number of nitrogens with two attached hydrogens (primary N) is 1. The number of hydrogen-bond acceptors (Lipinski definition) is 14. The molecule has 0 saturated carbocycles. The molecule has 11 aromatic rings. The number of nitrogens with one attached hydrogen (secondary N) is 4. The summed E-state index contributed by atoms with van der Waals surface area (Å²) in [7, 11) is -0.240. The van der Waals surface area contributed by atoms with E-state index >= 15 is 0 Å². The van der Waals surface area contributed by atoms with Gasteiger partial charge < -0.3 is 31.0 Å². The highest BCUT2D eigenvalue weighted by molar-refractivity contribution is 9.10. The number of nitrogens with zero attached hydrogens (tertiary/aromatic N) is 7. The van der Waals surface area contributed by atoms with Crippen LogP contribution in [0.4, 0.5) is 40.9 Å². The number of nitrogen functional groups attached to an aromatic ring is 1. The second kappa shape index (κ2) is 40.6. The number of anilines is 7. The molecule has 6 N–H and O–H groups in total. The molecular formula is C73H84BBrCl2N12O3. The first-order valence-electron chi connectivity index (χ1n) is 30.3. The van der Waals surface area contributed by atoms with Gasteiger partial charge in [-0.3, -0.25) is 9.78 Å². The standard InChI is InChI=1S/C17H15N3.C16H13N3O.C12H17BO2.C11H10ClN3.C6H5Br.C5H6ClN3.3C2H6/c1-13-12-16(14-8-4-2-5-9-14)20-17(18-13)19-15-10-6-3-7-11-15;20-15-11-14(12-7-3-1-4-8-12)18-16(19-15)17-13-9-5-2-6-10-13;1-11(2)12(3,4)15-13(14-11)10-8-6-5-7-9-10;1-8-7-10(12)15-11(13-8)14-9-5-3-2-4-6-9;7-6-4-2-1-3-5-6;1-3-2-4(6)9-5(7)8-3;3*1-2/h2-12H,1H3,(H,18,19,20);1-11H,(H2,17,18,19,20);5-9H,1-4H3;2-7H,1H3,(H,13,14,15);1-5H;2H,1H3,(H2,7,8,9);3*1-2H3. The molecular weight excluding hydrogens is 1250 g/mol. The summed E-state index contributed by atoms with van der Waals surface area (Å²) in [5.41, 5.74) is 14.6. The van der Waals surface area contributed by atoms with Gasteiger partial charge >= 0.3 is 7.12 Å². The van der Waals surface area contributed by atoms with Crippen LogP contribution in [0.25, 0.3) is 22.5 Å². The van der Waals surface area contributed by atoms with Crippen molar-refractivity contribution in [3.8, 4) is 22.5 Å². The number of hydrogen-bond donors (Lipinski definition) is 5. The van der Waals surface area contributed by atoms with Crippen LogP contribution in [-0.4, -0.2) is 58.2 Å². The first-order valence-corrected chi connectivity index (χ1v) is 31.8. The van der Waals surface area contributed by atoms with E-state index < -0.39 is 0 Å². The van der Waals surface area contributed by atoms with Gasteiger partial charge in [-0.1, -0.05) is 244 Å². The molecule has 0 aliphatic carbocycles. The van der Waals surface area contributed by atoms with Crippen LogP contribution in [0.3, 0.4) is 0 Å². The van der Waals surface area contributed by atoms with Crippen molar-refractivity contribution in [3.63, 3.8) is 0 Å². The zero-order chi connectivity index (χ0) is 67.3. The van der Waals surface area contributed by atoms with Crippen LogP contribution in [-0.2, 0) is 9.31 Å². The molecule has 92 heavy (non-hydrogen) atoms. The zero-order valence-corrected chi connectivity index (χ0v) is 57.8. The molecule has 0 amide bonds. The maximum absolute atomic E-state index is 11.7.